The Labute approximate surface area is 176 Å². The van der Waals surface area contributed by atoms with E-state index in [1.807, 2.05) is 48.5 Å². The molecule has 30 heavy (non-hydrogen) atoms. The summed E-state index contributed by atoms with van der Waals surface area (Å²) in [5.74, 6) is -0.539. The molecule has 2 atom stereocenters. The number of rotatable bonds is 3. The molecule has 1 aliphatic rings. The van der Waals surface area contributed by atoms with Gasteiger partial charge in [-0.05, 0) is 34.7 Å². The SMILES string of the molecule is CC(C)(C)c1ccc2c(c1)[C@H](c1ccccc1)[C@H](NC(=O)c1ccccc1)C(=O)O2. The Bertz CT molecular complexity index is 1070. The number of ether oxygens (including phenoxy) is 1. The molecule has 0 radical (unpaired) electrons. The van der Waals surface area contributed by atoms with Crippen molar-refractivity contribution in [1.82, 2.24) is 5.32 Å². The standard InChI is InChI=1S/C26H25NO3/c1-26(2,3)19-14-15-21-20(16-19)22(17-10-6-4-7-11-17)23(25(29)30-21)27-24(28)18-12-8-5-9-13-18/h4-16,22-23H,1-3H3,(H,27,28)/t22-,23-/m0/s1. The van der Waals surface area contributed by atoms with E-state index in [4.69, 9.17) is 4.74 Å². The lowest BCUT2D eigenvalue weighted by Crippen LogP contribution is -2.49. The van der Waals surface area contributed by atoms with Crippen LogP contribution in [0.3, 0.4) is 0 Å². The third-order valence-electron chi connectivity index (χ3n) is 5.49. The third kappa shape index (κ3) is 3.86. The van der Waals surface area contributed by atoms with Crippen LogP contribution in [0.1, 0.15) is 53.7 Å². The van der Waals surface area contributed by atoms with E-state index in [0.29, 0.717) is 11.3 Å². The molecule has 0 fully saturated rings. The fraction of sp³-hybridized carbons (Fsp3) is 0.231. The molecule has 3 aromatic rings. The van der Waals surface area contributed by atoms with Gasteiger partial charge in [-0.2, -0.15) is 0 Å². The van der Waals surface area contributed by atoms with Crippen molar-refractivity contribution in [2.24, 2.45) is 0 Å². The first-order valence-corrected chi connectivity index (χ1v) is 10.1. The van der Waals surface area contributed by atoms with Crippen LogP contribution in [-0.2, 0) is 10.2 Å². The van der Waals surface area contributed by atoms with Gasteiger partial charge < -0.3 is 10.1 Å². The Morgan fingerprint density at radius 1 is 0.900 bits per heavy atom. The van der Waals surface area contributed by atoms with Crippen LogP contribution < -0.4 is 10.1 Å². The molecule has 0 aromatic heterocycles. The number of carbonyl (C=O) groups is 2. The van der Waals surface area contributed by atoms with Gasteiger partial charge in [0, 0.05) is 17.0 Å². The lowest BCUT2D eigenvalue weighted by atomic mass is 9.79. The predicted octanol–water partition coefficient (Wildman–Crippen LogP) is 4.83. The summed E-state index contributed by atoms with van der Waals surface area (Å²) in [6.07, 6.45) is 0. The Hall–Kier alpha value is -3.40. The molecule has 0 saturated heterocycles. The highest BCUT2D eigenvalue weighted by molar-refractivity contribution is 5.98. The smallest absolute Gasteiger partial charge is 0.335 e. The number of hydrogen-bond acceptors (Lipinski definition) is 3. The summed E-state index contributed by atoms with van der Waals surface area (Å²) in [4.78, 5) is 25.8. The van der Waals surface area contributed by atoms with E-state index in [-0.39, 0.29) is 17.2 Å². The summed E-state index contributed by atoms with van der Waals surface area (Å²) in [5, 5.41) is 2.92. The monoisotopic (exact) mass is 399 g/mol. The van der Waals surface area contributed by atoms with Crippen molar-refractivity contribution in [2.75, 3.05) is 0 Å². The van der Waals surface area contributed by atoms with Crippen molar-refractivity contribution < 1.29 is 14.3 Å². The van der Waals surface area contributed by atoms with Crippen molar-refractivity contribution in [3.63, 3.8) is 0 Å². The minimum absolute atomic E-state index is 0.0551. The number of esters is 1. The fourth-order valence-corrected chi connectivity index (χ4v) is 3.83. The van der Waals surface area contributed by atoms with E-state index in [2.05, 4.69) is 32.2 Å². The van der Waals surface area contributed by atoms with Gasteiger partial charge in [-0.25, -0.2) is 4.79 Å². The van der Waals surface area contributed by atoms with Gasteiger partial charge in [-0.15, -0.1) is 0 Å². The normalized spacial score (nSPS) is 18.3. The Kier molecular flexibility index (Phi) is 5.17. The lowest BCUT2D eigenvalue weighted by Gasteiger charge is -2.34. The lowest BCUT2D eigenvalue weighted by molar-refractivity contribution is -0.138. The second kappa shape index (κ2) is 7.79. The molecular formula is C26H25NO3. The topological polar surface area (TPSA) is 55.4 Å². The second-order valence-electron chi connectivity index (χ2n) is 8.63. The molecule has 3 aromatic carbocycles. The van der Waals surface area contributed by atoms with E-state index >= 15 is 0 Å². The van der Waals surface area contributed by atoms with Crippen molar-refractivity contribution in [1.29, 1.82) is 0 Å². The predicted molar refractivity (Wildman–Crippen MR) is 117 cm³/mol. The van der Waals surface area contributed by atoms with Gasteiger partial charge in [-0.1, -0.05) is 81.4 Å². The largest absolute Gasteiger partial charge is 0.425 e. The molecule has 0 unspecified atom stereocenters. The fourth-order valence-electron chi connectivity index (χ4n) is 3.83. The highest BCUT2D eigenvalue weighted by Crippen LogP contribution is 2.41. The zero-order valence-electron chi connectivity index (χ0n) is 17.4. The first-order valence-electron chi connectivity index (χ1n) is 10.1. The van der Waals surface area contributed by atoms with E-state index in [9.17, 15) is 9.59 Å². The number of nitrogens with one attached hydrogen (secondary N) is 1. The quantitative estimate of drug-likeness (QED) is 0.507. The molecule has 0 saturated carbocycles. The molecule has 0 bridgehead atoms. The molecule has 1 N–H and O–H groups in total. The maximum atomic E-state index is 13.0. The van der Waals surface area contributed by atoms with Crippen molar-refractivity contribution in [3.8, 4) is 5.75 Å². The van der Waals surface area contributed by atoms with Crippen molar-refractivity contribution in [2.45, 2.75) is 38.1 Å². The zero-order valence-corrected chi connectivity index (χ0v) is 17.4. The molecule has 1 amide bonds. The Balaban J connectivity index is 1.80. The van der Waals surface area contributed by atoms with Gasteiger partial charge in [0.05, 0.1) is 0 Å². The van der Waals surface area contributed by atoms with Crippen LogP contribution in [0.25, 0.3) is 0 Å². The average molecular weight is 399 g/mol. The summed E-state index contributed by atoms with van der Waals surface area (Å²) in [6, 6.07) is 23.8. The molecule has 1 heterocycles. The Morgan fingerprint density at radius 2 is 1.53 bits per heavy atom. The number of hydrogen-bond donors (Lipinski definition) is 1. The van der Waals surface area contributed by atoms with E-state index in [1.54, 1.807) is 24.3 Å². The van der Waals surface area contributed by atoms with Crippen LogP contribution in [0.15, 0.2) is 78.9 Å². The van der Waals surface area contributed by atoms with E-state index in [0.717, 1.165) is 16.7 Å². The maximum Gasteiger partial charge on any atom is 0.335 e. The highest BCUT2D eigenvalue weighted by atomic mass is 16.5. The number of fused-ring (bicyclic) bond motifs is 1. The van der Waals surface area contributed by atoms with Gasteiger partial charge in [0.2, 0.25) is 0 Å². The minimum atomic E-state index is -0.817. The minimum Gasteiger partial charge on any atom is -0.425 e. The average Bonchev–Trinajstić information content (AvgIpc) is 2.74. The summed E-state index contributed by atoms with van der Waals surface area (Å²) < 4.78 is 5.65. The number of amides is 1. The highest BCUT2D eigenvalue weighted by Gasteiger charge is 2.40. The van der Waals surface area contributed by atoms with Crippen molar-refractivity contribution in [3.05, 3.63) is 101 Å². The Morgan fingerprint density at radius 3 is 2.17 bits per heavy atom. The second-order valence-corrected chi connectivity index (χ2v) is 8.63. The van der Waals surface area contributed by atoms with Crippen LogP contribution in [0.2, 0.25) is 0 Å². The summed E-state index contributed by atoms with van der Waals surface area (Å²) in [6.45, 7) is 6.45. The van der Waals surface area contributed by atoms with Gasteiger partial charge in [-0.3, -0.25) is 4.79 Å². The summed E-state index contributed by atoms with van der Waals surface area (Å²) in [5.41, 5.74) is 3.46. The van der Waals surface area contributed by atoms with Gasteiger partial charge in [0.1, 0.15) is 11.8 Å². The third-order valence-corrected chi connectivity index (χ3v) is 5.49. The molecule has 1 aliphatic heterocycles. The molecule has 0 spiro atoms. The van der Waals surface area contributed by atoms with Gasteiger partial charge in [0.25, 0.3) is 5.91 Å². The van der Waals surface area contributed by atoms with Crippen LogP contribution in [0.4, 0.5) is 0 Å². The number of carbonyl (C=O) groups excluding carboxylic acids is 2. The van der Waals surface area contributed by atoms with Gasteiger partial charge in [0.15, 0.2) is 0 Å². The van der Waals surface area contributed by atoms with Crippen LogP contribution in [0, 0.1) is 0 Å². The van der Waals surface area contributed by atoms with E-state index < -0.39 is 12.0 Å². The molecule has 0 aliphatic carbocycles. The molecule has 4 nitrogen and oxygen atoms in total. The van der Waals surface area contributed by atoms with Crippen LogP contribution >= 0.6 is 0 Å². The molecule has 4 rings (SSSR count). The van der Waals surface area contributed by atoms with Gasteiger partial charge >= 0.3 is 5.97 Å². The molecule has 4 heteroatoms. The summed E-state index contributed by atoms with van der Waals surface area (Å²) in [7, 11) is 0. The van der Waals surface area contributed by atoms with E-state index in [1.165, 1.54) is 0 Å². The van der Waals surface area contributed by atoms with Crippen LogP contribution in [0.5, 0.6) is 5.75 Å². The number of benzene rings is 3. The van der Waals surface area contributed by atoms with Crippen molar-refractivity contribution >= 4 is 11.9 Å². The molecular weight excluding hydrogens is 374 g/mol. The maximum absolute atomic E-state index is 13.0. The zero-order chi connectivity index (χ0) is 21.3. The summed E-state index contributed by atoms with van der Waals surface area (Å²) >= 11 is 0. The first-order chi connectivity index (χ1) is 14.3. The first kappa shape index (κ1) is 19.9. The molecule has 152 valence electrons. The van der Waals surface area contributed by atoms with Crippen LogP contribution in [-0.4, -0.2) is 17.9 Å².